The molecule has 1 heterocycles. The molecule has 1 aliphatic heterocycles. The average Bonchev–Trinajstić information content (AvgIpc) is 2.74. The molecule has 2 rings (SSSR count). The van der Waals surface area contributed by atoms with Gasteiger partial charge in [-0.05, 0) is 32.1 Å². The predicted octanol–water partition coefficient (Wildman–Crippen LogP) is 2.51. The lowest BCUT2D eigenvalue weighted by Gasteiger charge is -2.36. The Labute approximate surface area is 115 Å². The molecule has 0 aromatic heterocycles. The molecule has 1 saturated heterocycles. The molecule has 19 heavy (non-hydrogen) atoms. The Balaban J connectivity index is 2.03. The van der Waals surface area contributed by atoms with E-state index < -0.39 is 0 Å². The Morgan fingerprint density at radius 1 is 0.947 bits per heavy atom. The molecular formula is C15H25NO3. The molecule has 1 amide bonds. The number of amides is 1. The topological polar surface area (TPSA) is 46.6 Å². The van der Waals surface area contributed by atoms with Gasteiger partial charge >= 0.3 is 5.97 Å². The van der Waals surface area contributed by atoms with Gasteiger partial charge in [-0.3, -0.25) is 4.79 Å². The van der Waals surface area contributed by atoms with Crippen molar-refractivity contribution in [1.82, 2.24) is 4.90 Å². The normalized spacial score (nSPS) is 25.7. The highest BCUT2D eigenvalue weighted by Crippen LogP contribution is 2.28. The minimum atomic E-state index is -0.338. The van der Waals surface area contributed by atoms with Crippen LogP contribution in [0.1, 0.15) is 57.8 Å². The van der Waals surface area contributed by atoms with Crippen molar-refractivity contribution >= 4 is 11.9 Å². The van der Waals surface area contributed by atoms with Gasteiger partial charge < -0.3 is 9.64 Å². The van der Waals surface area contributed by atoms with Crippen LogP contribution in [0.3, 0.4) is 0 Å². The second kappa shape index (κ2) is 6.92. The van der Waals surface area contributed by atoms with E-state index in [4.69, 9.17) is 4.74 Å². The van der Waals surface area contributed by atoms with Gasteiger partial charge in [-0.2, -0.15) is 0 Å². The minimum Gasteiger partial charge on any atom is -0.467 e. The number of rotatable bonds is 2. The lowest BCUT2D eigenvalue weighted by molar-refractivity contribution is -0.156. The molecule has 108 valence electrons. The summed E-state index contributed by atoms with van der Waals surface area (Å²) >= 11 is 0. The third kappa shape index (κ3) is 3.48. The zero-order chi connectivity index (χ0) is 13.7. The number of hydrogen-bond donors (Lipinski definition) is 0. The first-order valence-electron chi connectivity index (χ1n) is 7.62. The van der Waals surface area contributed by atoms with Crippen molar-refractivity contribution in [3.05, 3.63) is 0 Å². The lowest BCUT2D eigenvalue weighted by atomic mass is 9.94. The fourth-order valence-electron chi connectivity index (χ4n) is 3.34. The van der Waals surface area contributed by atoms with Crippen LogP contribution in [0.15, 0.2) is 0 Å². The summed E-state index contributed by atoms with van der Waals surface area (Å²) in [6.45, 7) is 0.717. The summed E-state index contributed by atoms with van der Waals surface area (Å²) in [5.41, 5.74) is 0. The number of likely N-dealkylation sites (tertiary alicyclic amines) is 1. The number of ether oxygens (including phenoxy) is 1. The monoisotopic (exact) mass is 267 g/mol. The molecular weight excluding hydrogens is 242 g/mol. The van der Waals surface area contributed by atoms with E-state index >= 15 is 0 Å². The summed E-state index contributed by atoms with van der Waals surface area (Å²) in [5.74, 6) is 0.0754. The van der Waals surface area contributed by atoms with Crippen molar-refractivity contribution in [3.8, 4) is 0 Å². The first-order chi connectivity index (χ1) is 9.24. The summed E-state index contributed by atoms with van der Waals surface area (Å²) in [4.78, 5) is 26.3. The van der Waals surface area contributed by atoms with E-state index in [-0.39, 0.29) is 23.8 Å². The number of carbonyl (C=O) groups is 2. The zero-order valence-electron chi connectivity index (χ0n) is 11.9. The SMILES string of the molecule is COC(=O)C1CCCCN1C(=O)C1CCCCCC1. The largest absolute Gasteiger partial charge is 0.467 e. The quantitative estimate of drug-likeness (QED) is 0.570. The maximum absolute atomic E-state index is 12.7. The molecule has 0 N–H and O–H groups in total. The number of esters is 1. The molecule has 0 bridgehead atoms. The number of methoxy groups -OCH3 is 1. The standard InChI is InChI=1S/C15H25NO3/c1-19-15(18)13-10-6-7-11-16(13)14(17)12-8-4-2-3-5-9-12/h12-13H,2-11H2,1H3. The van der Waals surface area contributed by atoms with Crippen LogP contribution in [0.25, 0.3) is 0 Å². The maximum atomic E-state index is 12.7. The highest BCUT2D eigenvalue weighted by Gasteiger charge is 2.35. The molecule has 1 unspecified atom stereocenters. The highest BCUT2D eigenvalue weighted by atomic mass is 16.5. The van der Waals surface area contributed by atoms with Crippen molar-refractivity contribution < 1.29 is 14.3 Å². The Morgan fingerprint density at radius 2 is 1.58 bits per heavy atom. The van der Waals surface area contributed by atoms with Crippen LogP contribution < -0.4 is 0 Å². The summed E-state index contributed by atoms with van der Waals surface area (Å²) in [7, 11) is 1.41. The summed E-state index contributed by atoms with van der Waals surface area (Å²) in [6.07, 6.45) is 9.52. The van der Waals surface area contributed by atoms with Gasteiger partial charge in [-0.15, -0.1) is 0 Å². The summed E-state index contributed by atoms with van der Waals surface area (Å²) in [5, 5.41) is 0. The second-order valence-electron chi connectivity index (χ2n) is 5.75. The zero-order valence-corrected chi connectivity index (χ0v) is 11.9. The van der Waals surface area contributed by atoms with Gasteiger partial charge in [0.15, 0.2) is 0 Å². The predicted molar refractivity (Wildman–Crippen MR) is 72.6 cm³/mol. The van der Waals surface area contributed by atoms with E-state index in [1.165, 1.54) is 20.0 Å². The molecule has 2 aliphatic rings. The van der Waals surface area contributed by atoms with Gasteiger partial charge in [0.2, 0.25) is 5.91 Å². The number of piperidine rings is 1. The minimum absolute atomic E-state index is 0.132. The van der Waals surface area contributed by atoms with Crippen LogP contribution in [-0.4, -0.2) is 36.5 Å². The van der Waals surface area contributed by atoms with Crippen molar-refractivity contribution in [2.45, 2.75) is 63.8 Å². The molecule has 1 atom stereocenters. The maximum Gasteiger partial charge on any atom is 0.328 e. The van der Waals surface area contributed by atoms with Gasteiger partial charge in [-0.25, -0.2) is 4.79 Å². The van der Waals surface area contributed by atoms with Crippen LogP contribution >= 0.6 is 0 Å². The van der Waals surface area contributed by atoms with Crippen molar-refractivity contribution in [2.24, 2.45) is 5.92 Å². The van der Waals surface area contributed by atoms with E-state index in [0.29, 0.717) is 0 Å². The smallest absolute Gasteiger partial charge is 0.328 e. The Morgan fingerprint density at radius 3 is 2.21 bits per heavy atom. The van der Waals surface area contributed by atoms with Gasteiger partial charge in [0, 0.05) is 12.5 Å². The third-order valence-electron chi connectivity index (χ3n) is 4.46. The number of hydrogen-bond acceptors (Lipinski definition) is 3. The van der Waals surface area contributed by atoms with Crippen LogP contribution in [-0.2, 0) is 14.3 Å². The van der Waals surface area contributed by atoms with Crippen LogP contribution in [0.4, 0.5) is 0 Å². The molecule has 4 heteroatoms. The van der Waals surface area contributed by atoms with E-state index in [0.717, 1.165) is 51.5 Å². The van der Waals surface area contributed by atoms with Crippen LogP contribution in [0.2, 0.25) is 0 Å². The average molecular weight is 267 g/mol. The van der Waals surface area contributed by atoms with Gasteiger partial charge in [0.25, 0.3) is 0 Å². The van der Waals surface area contributed by atoms with E-state index in [2.05, 4.69) is 0 Å². The molecule has 0 spiro atoms. The third-order valence-corrected chi connectivity index (χ3v) is 4.46. The van der Waals surface area contributed by atoms with Gasteiger partial charge in [0.05, 0.1) is 7.11 Å². The second-order valence-corrected chi connectivity index (χ2v) is 5.75. The van der Waals surface area contributed by atoms with E-state index in [9.17, 15) is 9.59 Å². The van der Waals surface area contributed by atoms with Crippen molar-refractivity contribution in [1.29, 1.82) is 0 Å². The van der Waals surface area contributed by atoms with Crippen LogP contribution in [0.5, 0.6) is 0 Å². The molecule has 4 nitrogen and oxygen atoms in total. The molecule has 2 fully saturated rings. The Hall–Kier alpha value is -1.06. The molecule has 1 aliphatic carbocycles. The Bertz CT molecular complexity index is 321. The van der Waals surface area contributed by atoms with E-state index in [1.54, 1.807) is 4.90 Å². The summed E-state index contributed by atoms with van der Waals surface area (Å²) < 4.78 is 4.85. The lowest BCUT2D eigenvalue weighted by Crippen LogP contribution is -2.50. The fraction of sp³-hybridized carbons (Fsp3) is 0.867. The number of nitrogens with zero attached hydrogens (tertiary/aromatic N) is 1. The van der Waals surface area contributed by atoms with E-state index in [1.807, 2.05) is 0 Å². The molecule has 0 aromatic carbocycles. The van der Waals surface area contributed by atoms with Crippen molar-refractivity contribution in [2.75, 3.05) is 13.7 Å². The van der Waals surface area contributed by atoms with Gasteiger partial charge in [-0.1, -0.05) is 25.7 Å². The number of carbonyl (C=O) groups excluding carboxylic acids is 2. The molecule has 1 saturated carbocycles. The van der Waals surface area contributed by atoms with Crippen LogP contribution in [0, 0.1) is 5.92 Å². The molecule has 0 radical (unpaired) electrons. The summed E-state index contributed by atoms with van der Waals surface area (Å²) in [6, 6.07) is -0.338. The Kier molecular flexibility index (Phi) is 5.23. The van der Waals surface area contributed by atoms with Crippen molar-refractivity contribution in [3.63, 3.8) is 0 Å². The molecule has 0 aromatic rings. The first-order valence-corrected chi connectivity index (χ1v) is 7.62. The first kappa shape index (κ1) is 14.4. The van der Waals surface area contributed by atoms with Gasteiger partial charge in [0.1, 0.15) is 6.04 Å². The fourth-order valence-corrected chi connectivity index (χ4v) is 3.34. The highest BCUT2D eigenvalue weighted by molar-refractivity contribution is 5.86.